The summed E-state index contributed by atoms with van der Waals surface area (Å²) in [6.45, 7) is 5.96. The molecule has 3 aromatic carbocycles. The Morgan fingerprint density at radius 2 is 1.95 bits per heavy atom. The molecule has 1 atom stereocenters. The molecule has 5 rings (SSSR count). The van der Waals surface area contributed by atoms with E-state index in [9.17, 15) is 5.11 Å². The maximum Gasteiger partial charge on any atom is 0.238 e. The molecule has 37 heavy (non-hydrogen) atoms. The first kappa shape index (κ1) is 26.5. The van der Waals surface area contributed by atoms with Crippen molar-refractivity contribution < 1.29 is 31.4 Å². The van der Waals surface area contributed by atoms with Gasteiger partial charge < -0.3 is 19.5 Å². The fourth-order valence-electron chi connectivity index (χ4n) is 5.25. The van der Waals surface area contributed by atoms with Crippen LogP contribution in [0.5, 0.6) is 11.5 Å². The van der Waals surface area contributed by atoms with Crippen LogP contribution >= 0.6 is 0 Å². The number of allylic oxidation sites excluding steroid dienone is 2. The second-order valence-corrected chi connectivity index (χ2v) is 9.28. The van der Waals surface area contributed by atoms with Crippen LogP contribution in [0.4, 0.5) is 5.69 Å². The van der Waals surface area contributed by atoms with Crippen molar-refractivity contribution in [1.82, 2.24) is 0 Å². The quantitative estimate of drug-likeness (QED) is 0.232. The van der Waals surface area contributed by atoms with Gasteiger partial charge in [-0.15, -0.1) is 5.10 Å². The SMILES string of the molecule is CCN1\C(=C/C=N/N=C(\O)c2ccccc2)C(C)(Cc2ccc3c(c2)OCC3)c2cc(OC)ccc21.[Co]. The Kier molecular flexibility index (Phi) is 8.05. The molecule has 3 aromatic rings. The summed E-state index contributed by atoms with van der Waals surface area (Å²) in [5.41, 5.74) is 6.27. The molecule has 2 heterocycles. The van der Waals surface area contributed by atoms with Crippen molar-refractivity contribution in [3.63, 3.8) is 0 Å². The van der Waals surface area contributed by atoms with Gasteiger partial charge in [-0.3, -0.25) is 0 Å². The zero-order valence-corrected chi connectivity index (χ0v) is 22.3. The third-order valence-corrected chi connectivity index (χ3v) is 7.06. The number of hydrogen-bond donors (Lipinski definition) is 1. The van der Waals surface area contributed by atoms with E-state index in [1.165, 1.54) is 16.7 Å². The molecule has 0 bridgehead atoms. The number of nitrogens with zero attached hydrogens (tertiary/aromatic N) is 3. The van der Waals surface area contributed by atoms with Gasteiger partial charge in [0.25, 0.3) is 0 Å². The zero-order valence-electron chi connectivity index (χ0n) is 21.3. The molecule has 0 saturated carbocycles. The molecule has 2 aliphatic rings. The fourth-order valence-corrected chi connectivity index (χ4v) is 5.25. The van der Waals surface area contributed by atoms with Crippen LogP contribution in [0.3, 0.4) is 0 Å². The molecule has 1 N–H and O–H groups in total. The van der Waals surface area contributed by atoms with Crippen LogP contribution in [0.15, 0.2) is 88.7 Å². The van der Waals surface area contributed by atoms with E-state index in [0.29, 0.717) is 5.56 Å². The van der Waals surface area contributed by atoms with Gasteiger partial charge in [0.1, 0.15) is 11.5 Å². The van der Waals surface area contributed by atoms with Crippen LogP contribution in [-0.2, 0) is 35.0 Å². The summed E-state index contributed by atoms with van der Waals surface area (Å²) in [6, 6.07) is 22.0. The molecule has 0 aromatic heterocycles. The molecule has 7 heteroatoms. The van der Waals surface area contributed by atoms with Crippen molar-refractivity contribution in [2.24, 2.45) is 10.2 Å². The number of benzene rings is 3. The van der Waals surface area contributed by atoms with Gasteiger partial charge in [0.2, 0.25) is 5.90 Å². The number of likely N-dealkylation sites (N-methyl/N-ethyl adjacent to an activating group) is 1. The van der Waals surface area contributed by atoms with Gasteiger partial charge in [0.05, 0.1) is 19.9 Å². The summed E-state index contributed by atoms with van der Waals surface area (Å²) in [5.74, 6) is 1.71. The third kappa shape index (κ3) is 5.15. The number of aliphatic hydroxyl groups is 1. The van der Waals surface area contributed by atoms with Gasteiger partial charge in [-0.1, -0.05) is 30.3 Å². The summed E-state index contributed by atoms with van der Waals surface area (Å²) in [6.07, 6.45) is 5.42. The number of rotatable bonds is 7. The Bertz CT molecular complexity index is 1350. The second kappa shape index (κ2) is 11.2. The smallest absolute Gasteiger partial charge is 0.238 e. The van der Waals surface area contributed by atoms with Crippen molar-refractivity contribution >= 4 is 17.8 Å². The minimum absolute atomic E-state index is 0. The van der Waals surface area contributed by atoms with E-state index in [4.69, 9.17) is 9.47 Å². The Morgan fingerprint density at radius 1 is 1.14 bits per heavy atom. The molecular weight excluding hydrogens is 509 g/mol. The van der Waals surface area contributed by atoms with Crippen LogP contribution in [-0.4, -0.2) is 37.5 Å². The Morgan fingerprint density at radius 3 is 2.70 bits per heavy atom. The summed E-state index contributed by atoms with van der Waals surface area (Å²) >= 11 is 0. The van der Waals surface area contributed by atoms with Gasteiger partial charge >= 0.3 is 0 Å². The standard InChI is InChI=1S/C30H31N3O3.Co/c1-4-33-26-13-12-24(35-3)19-25(26)30(2,20-21-10-11-22-15-17-36-27(22)18-21)28(33)14-16-31-32-29(34)23-8-6-5-7-9-23;/h5-14,16,18-19H,4,15,17,20H2,1-3H3,(H,32,34);/b28-14-,31-16+;. The van der Waals surface area contributed by atoms with E-state index in [-0.39, 0.29) is 28.1 Å². The Balaban J connectivity index is 0.00000320. The van der Waals surface area contributed by atoms with Crippen molar-refractivity contribution in [2.75, 3.05) is 25.2 Å². The van der Waals surface area contributed by atoms with E-state index in [0.717, 1.165) is 48.9 Å². The van der Waals surface area contributed by atoms with Gasteiger partial charge in [-0.05, 0) is 79.4 Å². The summed E-state index contributed by atoms with van der Waals surface area (Å²) < 4.78 is 11.4. The number of fused-ring (bicyclic) bond motifs is 2. The van der Waals surface area contributed by atoms with E-state index in [1.807, 2.05) is 30.3 Å². The average molecular weight is 541 g/mol. The topological polar surface area (TPSA) is 66.7 Å². The maximum atomic E-state index is 10.3. The van der Waals surface area contributed by atoms with Crippen LogP contribution in [0.25, 0.3) is 0 Å². The average Bonchev–Trinajstić information content (AvgIpc) is 3.46. The van der Waals surface area contributed by atoms with Gasteiger partial charge in [-0.2, -0.15) is 5.10 Å². The first-order valence-corrected chi connectivity index (χ1v) is 12.3. The fraction of sp³-hybridized carbons (Fsp3) is 0.267. The van der Waals surface area contributed by atoms with E-state index < -0.39 is 0 Å². The largest absolute Gasteiger partial charge is 0.497 e. The van der Waals surface area contributed by atoms with Crippen LogP contribution in [0.1, 0.15) is 36.1 Å². The summed E-state index contributed by atoms with van der Waals surface area (Å²) in [7, 11) is 1.70. The van der Waals surface area contributed by atoms with Crippen LogP contribution < -0.4 is 14.4 Å². The number of anilines is 1. The third-order valence-electron chi connectivity index (χ3n) is 7.06. The van der Waals surface area contributed by atoms with E-state index in [2.05, 4.69) is 59.3 Å². The molecule has 0 amide bonds. The monoisotopic (exact) mass is 540 g/mol. The van der Waals surface area contributed by atoms with Crippen molar-refractivity contribution in [3.05, 3.63) is 101 Å². The van der Waals surface area contributed by atoms with Crippen LogP contribution in [0.2, 0.25) is 0 Å². The first-order valence-electron chi connectivity index (χ1n) is 12.3. The zero-order chi connectivity index (χ0) is 25.1. The molecular formula is C30H31CoN3O3. The van der Waals surface area contributed by atoms with E-state index in [1.54, 1.807) is 25.5 Å². The van der Waals surface area contributed by atoms with Gasteiger partial charge in [0, 0.05) is 52.1 Å². The maximum absolute atomic E-state index is 10.3. The molecule has 1 unspecified atom stereocenters. The molecule has 2 aliphatic heterocycles. The molecule has 0 fully saturated rings. The molecule has 6 nitrogen and oxygen atoms in total. The molecule has 193 valence electrons. The van der Waals surface area contributed by atoms with Crippen molar-refractivity contribution in [1.29, 1.82) is 0 Å². The second-order valence-electron chi connectivity index (χ2n) is 9.28. The van der Waals surface area contributed by atoms with Gasteiger partial charge in [0.15, 0.2) is 0 Å². The van der Waals surface area contributed by atoms with Crippen LogP contribution in [0, 0.1) is 0 Å². The summed E-state index contributed by atoms with van der Waals surface area (Å²) in [4.78, 5) is 2.31. The Labute approximate surface area is 228 Å². The first-order chi connectivity index (χ1) is 17.5. The molecule has 1 radical (unpaired) electrons. The van der Waals surface area contributed by atoms with Crippen molar-refractivity contribution in [2.45, 2.75) is 32.1 Å². The van der Waals surface area contributed by atoms with Crippen molar-refractivity contribution in [3.8, 4) is 11.5 Å². The van der Waals surface area contributed by atoms with E-state index >= 15 is 0 Å². The predicted octanol–water partition coefficient (Wildman–Crippen LogP) is 5.84. The molecule has 0 aliphatic carbocycles. The number of ether oxygens (including phenoxy) is 2. The number of hydrogen-bond acceptors (Lipinski definition) is 5. The number of aliphatic hydroxyl groups excluding tert-OH is 1. The minimum atomic E-state index is -0.329. The number of methoxy groups -OCH3 is 1. The normalized spacial score (nSPS) is 19.5. The van der Waals surface area contributed by atoms with Gasteiger partial charge in [-0.25, -0.2) is 0 Å². The summed E-state index contributed by atoms with van der Waals surface area (Å²) in [5, 5.41) is 18.4. The molecule has 0 saturated heterocycles. The molecule has 0 spiro atoms. The predicted molar refractivity (Wildman–Crippen MR) is 145 cm³/mol. The minimum Gasteiger partial charge on any atom is -0.497 e. The Hall–Kier alpha value is -3.55.